The fourth-order valence-corrected chi connectivity index (χ4v) is 0.520. The van der Waals surface area contributed by atoms with Gasteiger partial charge in [0.05, 0.1) is 18.5 Å². The molecular weight excluding hydrogens is 173 g/mol. The first-order valence-electron chi connectivity index (χ1n) is 2.95. The molecule has 3 nitrogen and oxygen atoms in total. The van der Waals surface area contributed by atoms with Crippen LogP contribution in [0, 0.1) is 6.20 Å². The Labute approximate surface area is 66.2 Å². The summed E-state index contributed by atoms with van der Waals surface area (Å²) >= 11 is 0. The summed E-state index contributed by atoms with van der Waals surface area (Å²) < 4.78 is 37.9. The minimum atomic E-state index is -4.62. The number of halogens is 3. The SMILES string of the molecule is FC(F)(F)OCc1c[c]ncn1. The van der Waals surface area contributed by atoms with Crippen molar-refractivity contribution >= 4 is 0 Å². The molecule has 0 atom stereocenters. The maximum atomic E-state index is 11.5. The van der Waals surface area contributed by atoms with E-state index in [2.05, 4.69) is 20.9 Å². The minimum Gasteiger partial charge on any atom is -0.285 e. The van der Waals surface area contributed by atoms with Gasteiger partial charge in [-0.3, -0.25) is 4.74 Å². The van der Waals surface area contributed by atoms with Gasteiger partial charge in [0.2, 0.25) is 0 Å². The van der Waals surface area contributed by atoms with Crippen molar-refractivity contribution in [1.29, 1.82) is 0 Å². The normalized spacial score (nSPS) is 11.6. The average molecular weight is 177 g/mol. The first kappa shape index (κ1) is 8.92. The molecule has 0 saturated heterocycles. The van der Waals surface area contributed by atoms with E-state index in [0.717, 1.165) is 6.33 Å². The molecule has 0 N–H and O–H groups in total. The Bertz CT molecular complexity index is 236. The van der Waals surface area contributed by atoms with Crippen LogP contribution in [0.5, 0.6) is 0 Å². The molecule has 0 aliphatic carbocycles. The zero-order valence-electron chi connectivity index (χ0n) is 5.80. The van der Waals surface area contributed by atoms with Crippen molar-refractivity contribution in [3.05, 3.63) is 24.3 Å². The summed E-state index contributed by atoms with van der Waals surface area (Å²) in [6.45, 7) is -0.609. The van der Waals surface area contributed by atoms with E-state index in [1.54, 1.807) is 0 Å². The Kier molecular flexibility index (Phi) is 2.59. The van der Waals surface area contributed by atoms with Gasteiger partial charge in [-0.25, -0.2) is 9.97 Å². The third kappa shape index (κ3) is 3.29. The van der Waals surface area contributed by atoms with E-state index in [-0.39, 0.29) is 5.69 Å². The molecule has 0 aromatic carbocycles. The van der Waals surface area contributed by atoms with Gasteiger partial charge in [-0.1, -0.05) is 0 Å². The highest BCUT2D eigenvalue weighted by Gasteiger charge is 2.29. The van der Waals surface area contributed by atoms with Crippen LogP contribution in [0.15, 0.2) is 12.4 Å². The molecule has 1 aromatic rings. The van der Waals surface area contributed by atoms with Gasteiger partial charge >= 0.3 is 6.36 Å². The highest BCUT2D eigenvalue weighted by atomic mass is 19.4. The van der Waals surface area contributed by atoms with Gasteiger partial charge in [0.15, 0.2) is 0 Å². The smallest absolute Gasteiger partial charge is 0.285 e. The molecule has 1 aromatic heterocycles. The Hall–Kier alpha value is -1.17. The van der Waals surface area contributed by atoms with Crippen LogP contribution >= 0.6 is 0 Å². The van der Waals surface area contributed by atoms with Gasteiger partial charge in [0, 0.05) is 0 Å². The van der Waals surface area contributed by atoms with Crippen molar-refractivity contribution in [2.45, 2.75) is 13.0 Å². The van der Waals surface area contributed by atoms with Crippen molar-refractivity contribution in [3.63, 3.8) is 0 Å². The van der Waals surface area contributed by atoms with E-state index in [4.69, 9.17) is 0 Å². The van der Waals surface area contributed by atoms with Crippen LogP contribution in [-0.2, 0) is 11.3 Å². The Morgan fingerprint density at radius 1 is 1.50 bits per heavy atom. The van der Waals surface area contributed by atoms with Crippen LogP contribution in [0.25, 0.3) is 0 Å². The zero-order chi connectivity index (χ0) is 9.03. The van der Waals surface area contributed by atoms with Crippen molar-refractivity contribution in [1.82, 2.24) is 9.97 Å². The second-order valence-electron chi connectivity index (χ2n) is 1.87. The van der Waals surface area contributed by atoms with Gasteiger partial charge in [-0.15, -0.1) is 13.2 Å². The van der Waals surface area contributed by atoms with Crippen LogP contribution in [0.2, 0.25) is 0 Å². The Morgan fingerprint density at radius 2 is 2.25 bits per heavy atom. The number of hydrogen-bond donors (Lipinski definition) is 0. The largest absolute Gasteiger partial charge is 0.522 e. The van der Waals surface area contributed by atoms with Gasteiger partial charge < -0.3 is 0 Å². The molecule has 0 saturated carbocycles. The lowest BCUT2D eigenvalue weighted by molar-refractivity contribution is -0.330. The lowest BCUT2D eigenvalue weighted by Crippen LogP contribution is -2.13. The van der Waals surface area contributed by atoms with E-state index in [9.17, 15) is 13.2 Å². The van der Waals surface area contributed by atoms with Gasteiger partial charge in [0.1, 0.15) is 6.33 Å². The van der Waals surface area contributed by atoms with E-state index in [1.807, 2.05) is 0 Å². The molecule has 1 heterocycles. The lowest BCUT2D eigenvalue weighted by atomic mass is 10.4. The number of nitrogens with zero attached hydrogens (tertiary/aromatic N) is 2. The third-order valence-electron chi connectivity index (χ3n) is 0.971. The monoisotopic (exact) mass is 177 g/mol. The maximum Gasteiger partial charge on any atom is 0.522 e. The minimum absolute atomic E-state index is 0.141. The number of rotatable bonds is 2. The predicted octanol–water partition coefficient (Wildman–Crippen LogP) is 1.31. The average Bonchev–Trinajstić information content (AvgIpc) is 2.02. The summed E-state index contributed by atoms with van der Waals surface area (Å²) in [4.78, 5) is 6.93. The first-order chi connectivity index (χ1) is 5.58. The Morgan fingerprint density at radius 3 is 2.75 bits per heavy atom. The molecule has 1 radical (unpaired) electrons. The van der Waals surface area contributed by atoms with Crippen LogP contribution in [0.4, 0.5) is 13.2 Å². The fourth-order valence-electron chi connectivity index (χ4n) is 0.520. The van der Waals surface area contributed by atoms with Gasteiger partial charge in [-0.05, 0) is 6.07 Å². The quantitative estimate of drug-likeness (QED) is 0.683. The summed E-state index contributed by atoms with van der Waals surface area (Å²) in [5.41, 5.74) is 0.141. The molecule has 0 amide bonds. The van der Waals surface area contributed by atoms with Crippen molar-refractivity contribution in [2.24, 2.45) is 0 Å². The molecule has 6 heteroatoms. The predicted molar refractivity (Wildman–Crippen MR) is 31.7 cm³/mol. The number of hydrogen-bond acceptors (Lipinski definition) is 3. The standard InChI is InChI=1S/C6H4F3N2O/c7-6(8,9)12-3-5-1-2-10-4-11-5/h1,4H,3H2. The van der Waals surface area contributed by atoms with E-state index in [0.29, 0.717) is 0 Å². The fraction of sp³-hybridized carbons (Fsp3) is 0.333. The first-order valence-corrected chi connectivity index (χ1v) is 2.95. The summed E-state index contributed by atoms with van der Waals surface area (Å²) in [6.07, 6.45) is -1.18. The second kappa shape index (κ2) is 3.48. The lowest BCUT2D eigenvalue weighted by Gasteiger charge is -2.05. The molecule has 65 valence electrons. The van der Waals surface area contributed by atoms with Crippen LogP contribution in [-0.4, -0.2) is 16.3 Å². The molecule has 0 unspecified atom stereocenters. The number of aromatic nitrogens is 2. The molecule has 1 rings (SSSR count). The molecular formula is C6H4F3N2O. The van der Waals surface area contributed by atoms with Gasteiger partial charge in [0.25, 0.3) is 0 Å². The van der Waals surface area contributed by atoms with E-state index in [1.165, 1.54) is 6.07 Å². The van der Waals surface area contributed by atoms with Crippen LogP contribution in [0.3, 0.4) is 0 Å². The van der Waals surface area contributed by atoms with Gasteiger partial charge in [-0.2, -0.15) is 0 Å². The summed E-state index contributed by atoms with van der Waals surface area (Å²) in [5.74, 6) is 0. The number of ether oxygens (including phenoxy) is 1. The van der Waals surface area contributed by atoms with Crippen LogP contribution < -0.4 is 0 Å². The van der Waals surface area contributed by atoms with Crippen molar-refractivity contribution in [2.75, 3.05) is 0 Å². The molecule has 12 heavy (non-hydrogen) atoms. The van der Waals surface area contributed by atoms with Crippen molar-refractivity contribution in [3.8, 4) is 0 Å². The van der Waals surface area contributed by atoms with E-state index >= 15 is 0 Å². The summed E-state index contributed by atoms with van der Waals surface area (Å²) in [6, 6.07) is 1.23. The molecule has 0 aliphatic heterocycles. The summed E-state index contributed by atoms with van der Waals surface area (Å²) in [5, 5.41) is 0. The zero-order valence-corrected chi connectivity index (χ0v) is 5.80. The number of alkyl halides is 3. The molecule has 0 aliphatic rings. The summed E-state index contributed by atoms with van der Waals surface area (Å²) in [7, 11) is 0. The highest BCUT2D eigenvalue weighted by Crippen LogP contribution is 2.17. The molecule has 0 fully saturated rings. The Balaban J connectivity index is 2.44. The second-order valence-corrected chi connectivity index (χ2v) is 1.87. The third-order valence-corrected chi connectivity index (χ3v) is 0.971. The maximum absolute atomic E-state index is 11.5. The topological polar surface area (TPSA) is 35.0 Å². The van der Waals surface area contributed by atoms with Crippen molar-refractivity contribution < 1.29 is 17.9 Å². The van der Waals surface area contributed by atoms with Crippen LogP contribution in [0.1, 0.15) is 5.69 Å². The molecule has 0 bridgehead atoms. The molecule has 0 spiro atoms. The van der Waals surface area contributed by atoms with E-state index < -0.39 is 13.0 Å². The highest BCUT2D eigenvalue weighted by molar-refractivity contribution is 4.94.